The highest BCUT2D eigenvalue weighted by Crippen LogP contribution is 2.26. The molecule has 0 saturated heterocycles. The fourth-order valence-corrected chi connectivity index (χ4v) is 3.59. The Morgan fingerprint density at radius 3 is 2.32 bits per heavy atom. The second-order valence-corrected chi connectivity index (χ2v) is 8.25. The molecular formula is C21H23BBrFO3S. The molecule has 1 aromatic heterocycles. The van der Waals surface area contributed by atoms with Gasteiger partial charge in [0.15, 0.2) is 5.06 Å². The van der Waals surface area contributed by atoms with E-state index >= 15 is 0 Å². The summed E-state index contributed by atoms with van der Waals surface area (Å²) in [5, 5.41) is 17.6. The fraction of sp³-hybridized carbons (Fsp3) is 0.238. The summed E-state index contributed by atoms with van der Waals surface area (Å²) in [4.78, 5) is 1.22. The van der Waals surface area contributed by atoms with Gasteiger partial charge >= 0.3 is 7.32 Å². The van der Waals surface area contributed by atoms with Gasteiger partial charge in [0.2, 0.25) is 0 Å². The van der Waals surface area contributed by atoms with Crippen LogP contribution >= 0.6 is 27.3 Å². The first kappa shape index (κ1) is 22.6. The van der Waals surface area contributed by atoms with Crippen molar-refractivity contribution in [2.75, 3.05) is 0 Å². The molecule has 0 radical (unpaired) electrons. The monoisotopic (exact) mass is 464 g/mol. The molecule has 2 N–H and O–H groups in total. The summed E-state index contributed by atoms with van der Waals surface area (Å²) in [6, 6.07) is 16.9. The molecule has 0 aliphatic heterocycles. The second kappa shape index (κ2) is 11.4. The van der Waals surface area contributed by atoms with E-state index in [0.717, 1.165) is 30.4 Å². The van der Waals surface area contributed by atoms with Crippen molar-refractivity contribution in [1.29, 1.82) is 0 Å². The molecule has 0 atom stereocenters. The molecule has 28 heavy (non-hydrogen) atoms. The maximum absolute atomic E-state index is 13.3. The van der Waals surface area contributed by atoms with E-state index in [9.17, 15) is 4.39 Å². The smallest absolute Gasteiger partial charge is 0.504 e. The van der Waals surface area contributed by atoms with Gasteiger partial charge in [-0.2, -0.15) is 0 Å². The Hall–Kier alpha value is -1.67. The highest BCUT2D eigenvalue weighted by Gasteiger charge is 2.12. The van der Waals surface area contributed by atoms with Crippen molar-refractivity contribution >= 4 is 34.6 Å². The highest BCUT2D eigenvalue weighted by atomic mass is 79.9. The first-order valence-electron chi connectivity index (χ1n) is 9.02. The molecule has 3 nitrogen and oxygen atoms in total. The van der Waals surface area contributed by atoms with E-state index in [1.807, 2.05) is 43.3 Å². The predicted octanol–water partition coefficient (Wildman–Crippen LogP) is 6.00. The molecule has 0 amide bonds. The molecular weight excluding hydrogens is 442 g/mol. The third-order valence-corrected chi connectivity index (χ3v) is 5.62. The van der Waals surface area contributed by atoms with Gasteiger partial charge in [0, 0.05) is 4.88 Å². The Kier molecular flexibility index (Phi) is 9.18. The molecule has 0 spiro atoms. The third-order valence-electron chi connectivity index (χ3n) is 3.94. The summed E-state index contributed by atoms with van der Waals surface area (Å²) in [7, 11) is -1.71. The summed E-state index contributed by atoms with van der Waals surface area (Å²) < 4.78 is 18.5. The number of unbranched alkanes of at least 4 members (excludes halogenated alkanes) is 1. The normalized spacial score (nSPS) is 10.2. The van der Waals surface area contributed by atoms with Gasteiger partial charge in [-0.15, -0.1) is 11.3 Å². The minimum atomic E-state index is -1.71. The van der Waals surface area contributed by atoms with Crippen molar-refractivity contribution in [3.05, 3.63) is 75.3 Å². The average Bonchev–Trinajstić information content (AvgIpc) is 3.10. The number of hydrogen-bond donors (Lipinski definition) is 2. The van der Waals surface area contributed by atoms with Crippen molar-refractivity contribution < 1.29 is 19.1 Å². The number of hydrogen-bond acceptors (Lipinski definition) is 4. The van der Waals surface area contributed by atoms with Crippen molar-refractivity contribution in [3.8, 4) is 16.2 Å². The third kappa shape index (κ3) is 7.39. The van der Waals surface area contributed by atoms with Gasteiger partial charge in [-0.05, 0) is 71.1 Å². The van der Waals surface area contributed by atoms with Crippen LogP contribution in [0.3, 0.4) is 0 Å². The molecule has 0 fully saturated rings. The minimum absolute atomic E-state index is 0.229. The van der Waals surface area contributed by atoms with Gasteiger partial charge in [-0.25, -0.2) is 4.39 Å². The van der Waals surface area contributed by atoms with Gasteiger partial charge in [-0.3, -0.25) is 0 Å². The Labute approximate surface area is 178 Å². The Balaban J connectivity index is 0.000000203. The summed E-state index contributed by atoms with van der Waals surface area (Å²) in [6.45, 7) is 4.18. The fourth-order valence-electron chi connectivity index (χ4n) is 2.43. The molecule has 1 heterocycles. The van der Waals surface area contributed by atoms with Crippen LogP contribution in [0.15, 0.2) is 59.1 Å². The first-order chi connectivity index (χ1) is 13.4. The van der Waals surface area contributed by atoms with Crippen LogP contribution < -0.4 is 4.65 Å². The van der Waals surface area contributed by atoms with Crippen molar-refractivity contribution in [2.24, 2.45) is 0 Å². The summed E-state index contributed by atoms with van der Waals surface area (Å²) in [5.74, 6) is -0.229. The summed E-state index contributed by atoms with van der Waals surface area (Å²) in [6.07, 6.45) is 3.35. The van der Waals surface area contributed by atoms with E-state index in [-0.39, 0.29) is 5.82 Å². The van der Waals surface area contributed by atoms with E-state index < -0.39 is 7.32 Å². The zero-order chi connectivity index (χ0) is 20.5. The summed E-state index contributed by atoms with van der Waals surface area (Å²) >= 11 is 4.60. The Bertz CT molecular complexity index is 868. The molecule has 148 valence electrons. The van der Waals surface area contributed by atoms with Crippen LogP contribution in [0.25, 0.3) is 11.1 Å². The van der Waals surface area contributed by atoms with E-state index in [2.05, 4.69) is 22.9 Å². The standard InChI is InChI=1S/C13H10BrF.C8H13BO3S/c1-9-2-4-10(5-3-9)11-6-7-12(14)13(15)8-11;1-2-3-4-7-5-6-8(13-7)12-9(10)11/h2-8H,1H3;5-6,10-11H,2-4H2,1H3. The molecule has 0 saturated carbocycles. The number of thiophene rings is 1. The number of benzene rings is 2. The van der Waals surface area contributed by atoms with E-state index in [4.69, 9.17) is 14.7 Å². The van der Waals surface area contributed by atoms with Crippen LogP contribution in [0.2, 0.25) is 0 Å². The van der Waals surface area contributed by atoms with Gasteiger partial charge in [0.1, 0.15) is 5.82 Å². The molecule has 0 bridgehead atoms. The quantitative estimate of drug-likeness (QED) is 0.439. The average molecular weight is 465 g/mol. The number of aryl methyl sites for hydroxylation is 2. The van der Waals surface area contributed by atoms with Crippen LogP contribution in [-0.4, -0.2) is 17.4 Å². The van der Waals surface area contributed by atoms with Crippen LogP contribution in [0.1, 0.15) is 30.2 Å². The SMILES string of the molecule is CCCCc1ccc(OB(O)O)s1.Cc1ccc(-c2ccc(Br)c(F)c2)cc1. The van der Waals surface area contributed by atoms with Crippen molar-refractivity contribution in [1.82, 2.24) is 0 Å². The minimum Gasteiger partial charge on any atom is -0.504 e. The topological polar surface area (TPSA) is 49.7 Å². The van der Waals surface area contributed by atoms with Crippen LogP contribution in [0.5, 0.6) is 5.06 Å². The van der Waals surface area contributed by atoms with Gasteiger partial charge in [0.05, 0.1) is 4.47 Å². The molecule has 2 aromatic carbocycles. The molecule has 3 aromatic rings. The van der Waals surface area contributed by atoms with Gasteiger partial charge < -0.3 is 14.7 Å². The van der Waals surface area contributed by atoms with E-state index in [1.165, 1.54) is 27.8 Å². The molecule has 0 aliphatic rings. The molecule has 0 aliphatic carbocycles. The lowest BCUT2D eigenvalue weighted by Gasteiger charge is -2.03. The largest absolute Gasteiger partial charge is 0.708 e. The lowest BCUT2D eigenvalue weighted by atomic mass is 10.0. The second-order valence-electron chi connectivity index (χ2n) is 6.26. The zero-order valence-corrected chi connectivity index (χ0v) is 18.3. The van der Waals surface area contributed by atoms with Crippen molar-refractivity contribution in [2.45, 2.75) is 33.1 Å². The Morgan fingerprint density at radius 1 is 1.04 bits per heavy atom. The van der Waals surface area contributed by atoms with Crippen LogP contribution in [0.4, 0.5) is 4.39 Å². The molecule has 0 unspecified atom stereocenters. The lowest BCUT2D eigenvalue weighted by molar-refractivity contribution is 0.291. The highest BCUT2D eigenvalue weighted by molar-refractivity contribution is 9.10. The van der Waals surface area contributed by atoms with Crippen LogP contribution in [-0.2, 0) is 6.42 Å². The lowest BCUT2D eigenvalue weighted by Crippen LogP contribution is -2.19. The maximum Gasteiger partial charge on any atom is 0.708 e. The zero-order valence-electron chi connectivity index (χ0n) is 15.9. The number of rotatable bonds is 6. The predicted molar refractivity (Wildman–Crippen MR) is 118 cm³/mol. The molecule has 3 rings (SSSR count). The van der Waals surface area contributed by atoms with Crippen LogP contribution in [0, 0.1) is 12.7 Å². The van der Waals surface area contributed by atoms with E-state index in [0.29, 0.717) is 9.54 Å². The van der Waals surface area contributed by atoms with Gasteiger partial charge in [-0.1, -0.05) is 49.2 Å². The maximum atomic E-state index is 13.3. The Morgan fingerprint density at radius 2 is 1.71 bits per heavy atom. The number of halogens is 2. The summed E-state index contributed by atoms with van der Waals surface area (Å²) in [5.41, 5.74) is 3.14. The van der Waals surface area contributed by atoms with Gasteiger partial charge in [0.25, 0.3) is 0 Å². The van der Waals surface area contributed by atoms with Crippen molar-refractivity contribution in [3.63, 3.8) is 0 Å². The van der Waals surface area contributed by atoms with E-state index in [1.54, 1.807) is 12.1 Å². The molecule has 7 heteroatoms. The first-order valence-corrected chi connectivity index (χ1v) is 10.6.